The van der Waals surface area contributed by atoms with Crippen LogP contribution in [0.3, 0.4) is 0 Å². The first-order valence-corrected chi connectivity index (χ1v) is 5.99. The lowest BCUT2D eigenvalue weighted by atomic mass is 10.0. The van der Waals surface area contributed by atoms with Crippen LogP contribution >= 0.6 is 0 Å². The molecular weight excluding hydrogens is 238 g/mol. The Bertz CT molecular complexity index is 476. The summed E-state index contributed by atoms with van der Waals surface area (Å²) >= 11 is 0. The standard InChI is InChI=1S/C13H16F2N2O/c1-7-3-4-16-12(7)13(18)17-11-6-9(14)8(2)5-10(11)15/h5-7,12,16H,3-4H2,1-2H3,(H,17,18). The van der Waals surface area contributed by atoms with E-state index in [1.165, 1.54) is 6.92 Å². The minimum atomic E-state index is -0.618. The van der Waals surface area contributed by atoms with Crippen LogP contribution in [0.15, 0.2) is 12.1 Å². The van der Waals surface area contributed by atoms with Crippen LogP contribution in [-0.4, -0.2) is 18.5 Å². The number of nitrogens with one attached hydrogen (secondary N) is 2. The fraction of sp³-hybridized carbons (Fsp3) is 0.462. The van der Waals surface area contributed by atoms with Crippen LogP contribution in [0, 0.1) is 24.5 Å². The molecule has 1 amide bonds. The van der Waals surface area contributed by atoms with E-state index >= 15 is 0 Å². The molecule has 1 aliphatic heterocycles. The number of rotatable bonds is 2. The minimum absolute atomic E-state index is 0.107. The number of benzene rings is 1. The SMILES string of the molecule is Cc1cc(F)c(NC(=O)C2NCCC2C)cc1F. The second-order valence-electron chi connectivity index (χ2n) is 4.77. The molecule has 98 valence electrons. The lowest BCUT2D eigenvalue weighted by Crippen LogP contribution is -2.39. The van der Waals surface area contributed by atoms with E-state index in [1.807, 2.05) is 6.92 Å². The van der Waals surface area contributed by atoms with E-state index in [0.717, 1.165) is 25.1 Å². The van der Waals surface area contributed by atoms with Crippen molar-refractivity contribution in [2.24, 2.45) is 5.92 Å². The van der Waals surface area contributed by atoms with Crippen molar-refractivity contribution in [3.8, 4) is 0 Å². The Balaban J connectivity index is 2.14. The number of anilines is 1. The van der Waals surface area contributed by atoms with Crippen molar-refractivity contribution in [2.75, 3.05) is 11.9 Å². The Kier molecular flexibility index (Phi) is 3.61. The Morgan fingerprint density at radius 2 is 2.11 bits per heavy atom. The van der Waals surface area contributed by atoms with Gasteiger partial charge in [0.25, 0.3) is 0 Å². The highest BCUT2D eigenvalue weighted by molar-refractivity contribution is 5.95. The number of halogens is 2. The minimum Gasteiger partial charge on any atom is -0.322 e. The number of hydrogen-bond acceptors (Lipinski definition) is 2. The zero-order chi connectivity index (χ0) is 13.3. The Labute approximate surface area is 105 Å². The van der Waals surface area contributed by atoms with Gasteiger partial charge in [0.1, 0.15) is 11.6 Å². The van der Waals surface area contributed by atoms with Crippen LogP contribution in [0.2, 0.25) is 0 Å². The second-order valence-corrected chi connectivity index (χ2v) is 4.77. The number of aryl methyl sites for hydroxylation is 1. The number of hydrogen-bond donors (Lipinski definition) is 2. The molecule has 1 aliphatic rings. The van der Waals surface area contributed by atoms with Crippen LogP contribution in [0.25, 0.3) is 0 Å². The van der Waals surface area contributed by atoms with Crippen molar-refractivity contribution < 1.29 is 13.6 Å². The summed E-state index contributed by atoms with van der Waals surface area (Å²) in [5.41, 5.74) is 0.113. The molecule has 0 aromatic heterocycles. The first-order valence-electron chi connectivity index (χ1n) is 5.99. The van der Waals surface area contributed by atoms with Crippen LogP contribution in [-0.2, 0) is 4.79 Å². The van der Waals surface area contributed by atoms with E-state index in [9.17, 15) is 13.6 Å². The molecule has 2 rings (SSSR count). The average molecular weight is 254 g/mol. The second kappa shape index (κ2) is 5.02. The van der Waals surface area contributed by atoms with Crippen LogP contribution < -0.4 is 10.6 Å². The van der Waals surface area contributed by atoms with Crippen molar-refractivity contribution in [2.45, 2.75) is 26.3 Å². The third kappa shape index (κ3) is 2.51. The normalized spacial score (nSPS) is 23.1. The summed E-state index contributed by atoms with van der Waals surface area (Å²) in [7, 11) is 0. The van der Waals surface area contributed by atoms with Crippen molar-refractivity contribution in [1.29, 1.82) is 0 Å². The lowest BCUT2D eigenvalue weighted by molar-refractivity contribution is -0.118. The molecule has 1 heterocycles. The van der Waals surface area contributed by atoms with Gasteiger partial charge in [-0.3, -0.25) is 4.79 Å². The average Bonchev–Trinajstić information content (AvgIpc) is 2.72. The predicted octanol–water partition coefficient (Wildman–Crippen LogP) is 2.21. The fourth-order valence-corrected chi connectivity index (χ4v) is 2.14. The maximum atomic E-state index is 13.6. The number of amides is 1. The van der Waals surface area contributed by atoms with Crippen molar-refractivity contribution in [3.63, 3.8) is 0 Å². The Morgan fingerprint density at radius 1 is 1.39 bits per heavy atom. The molecule has 2 atom stereocenters. The van der Waals surface area contributed by atoms with Crippen LogP contribution in [0.5, 0.6) is 0 Å². The topological polar surface area (TPSA) is 41.1 Å². The monoisotopic (exact) mass is 254 g/mol. The maximum Gasteiger partial charge on any atom is 0.241 e. The molecule has 5 heteroatoms. The van der Waals surface area contributed by atoms with E-state index in [1.54, 1.807) is 0 Å². The molecule has 18 heavy (non-hydrogen) atoms. The van der Waals surface area contributed by atoms with Gasteiger partial charge in [0.15, 0.2) is 0 Å². The molecule has 0 aliphatic carbocycles. The lowest BCUT2D eigenvalue weighted by Gasteiger charge is -2.16. The molecule has 2 N–H and O–H groups in total. The summed E-state index contributed by atoms with van der Waals surface area (Å²) in [4.78, 5) is 11.9. The molecule has 3 nitrogen and oxygen atoms in total. The molecule has 0 bridgehead atoms. The van der Waals surface area contributed by atoms with Crippen molar-refractivity contribution in [1.82, 2.24) is 5.32 Å². The highest BCUT2D eigenvalue weighted by Gasteiger charge is 2.29. The molecule has 1 aromatic carbocycles. The number of carbonyl (C=O) groups excluding carboxylic acids is 1. The van der Waals surface area contributed by atoms with E-state index in [-0.39, 0.29) is 29.1 Å². The first-order chi connectivity index (χ1) is 8.49. The Morgan fingerprint density at radius 3 is 2.72 bits per heavy atom. The largest absolute Gasteiger partial charge is 0.322 e. The highest BCUT2D eigenvalue weighted by Crippen LogP contribution is 2.21. The fourth-order valence-electron chi connectivity index (χ4n) is 2.14. The summed E-state index contributed by atoms with van der Waals surface area (Å²) in [6.45, 7) is 4.20. The summed E-state index contributed by atoms with van der Waals surface area (Å²) in [6, 6.07) is 1.76. The van der Waals surface area contributed by atoms with E-state index < -0.39 is 11.6 Å². The summed E-state index contributed by atoms with van der Waals surface area (Å²) < 4.78 is 26.9. The van der Waals surface area contributed by atoms with Gasteiger partial charge in [-0.25, -0.2) is 8.78 Å². The molecule has 2 unspecified atom stereocenters. The highest BCUT2D eigenvalue weighted by atomic mass is 19.1. The van der Waals surface area contributed by atoms with Gasteiger partial charge in [-0.2, -0.15) is 0 Å². The molecular formula is C13H16F2N2O. The van der Waals surface area contributed by atoms with E-state index in [0.29, 0.717) is 0 Å². The van der Waals surface area contributed by atoms with Gasteiger partial charge in [0.2, 0.25) is 5.91 Å². The first kappa shape index (κ1) is 13.0. The van der Waals surface area contributed by atoms with Gasteiger partial charge < -0.3 is 10.6 Å². The van der Waals surface area contributed by atoms with Gasteiger partial charge in [0.05, 0.1) is 11.7 Å². The van der Waals surface area contributed by atoms with E-state index in [2.05, 4.69) is 10.6 Å². The maximum absolute atomic E-state index is 13.6. The zero-order valence-corrected chi connectivity index (χ0v) is 10.4. The van der Waals surface area contributed by atoms with Gasteiger partial charge >= 0.3 is 0 Å². The molecule has 0 saturated carbocycles. The smallest absolute Gasteiger partial charge is 0.241 e. The van der Waals surface area contributed by atoms with Gasteiger partial charge in [-0.15, -0.1) is 0 Å². The third-order valence-electron chi connectivity index (χ3n) is 3.32. The van der Waals surface area contributed by atoms with Gasteiger partial charge in [-0.05, 0) is 37.4 Å². The van der Waals surface area contributed by atoms with E-state index in [4.69, 9.17) is 0 Å². The molecule has 1 fully saturated rings. The van der Waals surface area contributed by atoms with Crippen molar-refractivity contribution in [3.05, 3.63) is 29.3 Å². The molecule has 0 spiro atoms. The Hall–Kier alpha value is -1.49. The van der Waals surface area contributed by atoms with Crippen LogP contribution in [0.4, 0.5) is 14.5 Å². The van der Waals surface area contributed by atoms with Gasteiger partial charge in [-0.1, -0.05) is 6.92 Å². The predicted molar refractivity (Wildman–Crippen MR) is 65.3 cm³/mol. The summed E-state index contributed by atoms with van der Waals surface area (Å²) in [5.74, 6) is -1.27. The molecule has 0 radical (unpaired) electrons. The van der Waals surface area contributed by atoms with Crippen molar-refractivity contribution >= 4 is 11.6 Å². The van der Waals surface area contributed by atoms with Gasteiger partial charge in [0, 0.05) is 6.07 Å². The zero-order valence-electron chi connectivity index (χ0n) is 10.4. The summed E-state index contributed by atoms with van der Waals surface area (Å²) in [6.07, 6.45) is 0.906. The third-order valence-corrected chi connectivity index (χ3v) is 3.32. The number of carbonyl (C=O) groups is 1. The quantitative estimate of drug-likeness (QED) is 0.849. The summed E-state index contributed by atoms with van der Waals surface area (Å²) in [5, 5.41) is 5.48. The molecule has 1 aromatic rings. The van der Waals surface area contributed by atoms with Crippen LogP contribution in [0.1, 0.15) is 18.9 Å². The molecule has 1 saturated heterocycles.